The highest BCUT2D eigenvalue weighted by Gasteiger charge is 2.10. The molecule has 3 N–H and O–H groups in total. The smallest absolute Gasteiger partial charge is 0.229 e. The first-order valence-electron chi connectivity index (χ1n) is 10.7. The molecule has 0 radical (unpaired) electrons. The first-order valence-corrected chi connectivity index (χ1v) is 10.7. The van der Waals surface area contributed by atoms with Gasteiger partial charge >= 0.3 is 0 Å². The van der Waals surface area contributed by atoms with Crippen molar-refractivity contribution in [1.82, 2.24) is 15.3 Å². The molecule has 160 valence electrons. The molecule has 4 aromatic rings. The highest BCUT2D eigenvalue weighted by atomic mass is 15.1. The fourth-order valence-electron chi connectivity index (χ4n) is 3.47. The number of rotatable bonds is 8. The Morgan fingerprint density at radius 1 is 0.875 bits per heavy atom. The van der Waals surface area contributed by atoms with Crippen molar-refractivity contribution in [1.29, 1.82) is 5.26 Å². The third kappa shape index (κ3) is 5.02. The van der Waals surface area contributed by atoms with Gasteiger partial charge in [-0.3, -0.25) is 0 Å². The van der Waals surface area contributed by atoms with Crippen LogP contribution in [-0.2, 0) is 0 Å². The van der Waals surface area contributed by atoms with Crippen LogP contribution >= 0.6 is 0 Å². The number of aromatic nitrogens is 2. The summed E-state index contributed by atoms with van der Waals surface area (Å²) in [5.41, 5.74) is 5.74. The molecular formula is C26H26N6. The van der Waals surface area contributed by atoms with E-state index in [1.807, 2.05) is 43.4 Å². The average molecular weight is 423 g/mol. The van der Waals surface area contributed by atoms with Crippen molar-refractivity contribution >= 4 is 28.4 Å². The lowest BCUT2D eigenvalue weighted by molar-refractivity contribution is 0.747. The van der Waals surface area contributed by atoms with Gasteiger partial charge in [0.2, 0.25) is 5.95 Å². The minimum Gasteiger partial charge on any atom is -0.369 e. The Bertz CT molecular complexity index is 1240. The number of nitrogens with zero attached hydrogens (tertiary/aromatic N) is 3. The summed E-state index contributed by atoms with van der Waals surface area (Å²) in [6.07, 6.45) is 0.992. The monoisotopic (exact) mass is 422 g/mol. The molecule has 6 nitrogen and oxygen atoms in total. The molecule has 1 aromatic heterocycles. The first-order chi connectivity index (χ1) is 15.7. The predicted molar refractivity (Wildman–Crippen MR) is 131 cm³/mol. The van der Waals surface area contributed by atoms with Crippen molar-refractivity contribution in [2.24, 2.45) is 0 Å². The van der Waals surface area contributed by atoms with Crippen LogP contribution < -0.4 is 16.0 Å². The Balaban J connectivity index is 1.71. The Hall–Kier alpha value is -3.95. The lowest BCUT2D eigenvalue weighted by Gasteiger charge is -2.13. The average Bonchev–Trinajstić information content (AvgIpc) is 2.83. The maximum Gasteiger partial charge on any atom is 0.229 e. The van der Waals surface area contributed by atoms with Gasteiger partial charge in [-0.15, -0.1) is 0 Å². The molecule has 0 aliphatic carbocycles. The van der Waals surface area contributed by atoms with E-state index in [1.54, 1.807) is 0 Å². The van der Waals surface area contributed by atoms with Crippen LogP contribution in [0.2, 0.25) is 0 Å². The number of hydrogen-bond acceptors (Lipinski definition) is 6. The maximum atomic E-state index is 9.06. The second-order valence-corrected chi connectivity index (χ2v) is 7.69. The van der Waals surface area contributed by atoms with Crippen LogP contribution in [0.3, 0.4) is 0 Å². The van der Waals surface area contributed by atoms with Crippen molar-refractivity contribution in [3.05, 3.63) is 77.9 Å². The number of nitrogens with one attached hydrogen (secondary N) is 3. The number of benzene rings is 3. The molecule has 4 rings (SSSR count). The minimum absolute atomic E-state index is 0.550. The summed E-state index contributed by atoms with van der Waals surface area (Å²) in [7, 11) is 1.95. The van der Waals surface area contributed by atoms with E-state index < -0.39 is 0 Å². The van der Waals surface area contributed by atoms with Crippen LogP contribution in [0.25, 0.3) is 22.0 Å². The van der Waals surface area contributed by atoms with Crippen molar-refractivity contribution in [2.75, 3.05) is 30.8 Å². The van der Waals surface area contributed by atoms with E-state index in [9.17, 15) is 0 Å². The van der Waals surface area contributed by atoms with Gasteiger partial charge in [0.05, 0.1) is 17.1 Å². The molecule has 0 atom stereocenters. The number of aryl methyl sites for hydroxylation is 1. The molecule has 0 spiro atoms. The number of nitriles is 1. The van der Waals surface area contributed by atoms with E-state index in [0.717, 1.165) is 53.0 Å². The maximum absolute atomic E-state index is 9.06. The third-order valence-electron chi connectivity index (χ3n) is 5.25. The fourth-order valence-corrected chi connectivity index (χ4v) is 3.47. The van der Waals surface area contributed by atoms with Gasteiger partial charge in [-0.25, -0.2) is 4.98 Å². The molecule has 0 bridgehead atoms. The zero-order chi connectivity index (χ0) is 22.3. The first kappa shape index (κ1) is 21.3. The second-order valence-electron chi connectivity index (χ2n) is 7.69. The molecule has 0 aliphatic heterocycles. The molecule has 6 heteroatoms. The molecule has 0 saturated carbocycles. The summed E-state index contributed by atoms with van der Waals surface area (Å²) < 4.78 is 0. The van der Waals surface area contributed by atoms with Gasteiger partial charge in [-0.1, -0.05) is 35.9 Å². The van der Waals surface area contributed by atoms with E-state index in [2.05, 4.69) is 59.3 Å². The number of fused-ring (bicyclic) bond motifs is 1. The third-order valence-corrected chi connectivity index (χ3v) is 5.25. The SMILES string of the molecule is CNCCCNc1nc(Nc2ccc(C)cc2)nc2cc(-c3ccc(C#N)cc3)ccc12. The van der Waals surface area contributed by atoms with Crippen molar-refractivity contribution in [2.45, 2.75) is 13.3 Å². The molecule has 0 aliphatic rings. The van der Waals surface area contributed by atoms with E-state index in [1.165, 1.54) is 5.56 Å². The zero-order valence-corrected chi connectivity index (χ0v) is 18.3. The standard InChI is InChI=1S/C26H26N6/c1-18-4-11-22(12-5-18)30-26-31-24-16-21(20-8-6-19(17-27)7-9-20)10-13-23(24)25(32-26)29-15-3-14-28-2/h4-13,16,28H,3,14-15H2,1-2H3,(H2,29,30,31,32). The van der Waals surface area contributed by atoms with Gasteiger partial charge in [0.25, 0.3) is 0 Å². The molecule has 0 amide bonds. The molecule has 1 heterocycles. The Morgan fingerprint density at radius 2 is 1.62 bits per heavy atom. The summed E-state index contributed by atoms with van der Waals surface area (Å²) in [4.78, 5) is 9.54. The van der Waals surface area contributed by atoms with E-state index in [0.29, 0.717) is 11.5 Å². The van der Waals surface area contributed by atoms with Gasteiger partial charge < -0.3 is 16.0 Å². The molecule has 0 unspecified atom stereocenters. The van der Waals surface area contributed by atoms with Crippen molar-refractivity contribution in [3.63, 3.8) is 0 Å². The number of hydrogen-bond donors (Lipinski definition) is 3. The van der Waals surface area contributed by atoms with Crippen LogP contribution in [0.1, 0.15) is 17.5 Å². The summed E-state index contributed by atoms with van der Waals surface area (Å²) in [6, 6.07) is 24.1. The Labute approximate surface area is 188 Å². The predicted octanol–water partition coefficient (Wildman–Crippen LogP) is 5.24. The topological polar surface area (TPSA) is 85.7 Å². The van der Waals surface area contributed by atoms with Gasteiger partial charge in [-0.05, 0) is 74.5 Å². The summed E-state index contributed by atoms with van der Waals surface area (Å²) >= 11 is 0. The summed E-state index contributed by atoms with van der Waals surface area (Å²) in [5, 5.41) is 20.0. The van der Waals surface area contributed by atoms with E-state index in [-0.39, 0.29) is 0 Å². The zero-order valence-electron chi connectivity index (χ0n) is 18.3. The second kappa shape index (κ2) is 9.90. The molecule has 32 heavy (non-hydrogen) atoms. The highest BCUT2D eigenvalue weighted by molar-refractivity contribution is 5.93. The fraction of sp³-hybridized carbons (Fsp3) is 0.192. The molecule has 0 fully saturated rings. The Kier molecular flexibility index (Phi) is 6.59. The lowest BCUT2D eigenvalue weighted by atomic mass is 10.0. The lowest BCUT2D eigenvalue weighted by Crippen LogP contribution is -2.14. The Morgan fingerprint density at radius 3 is 2.34 bits per heavy atom. The largest absolute Gasteiger partial charge is 0.369 e. The quantitative estimate of drug-likeness (QED) is 0.337. The van der Waals surface area contributed by atoms with Crippen LogP contribution in [0, 0.1) is 18.3 Å². The van der Waals surface area contributed by atoms with E-state index >= 15 is 0 Å². The van der Waals surface area contributed by atoms with Crippen LogP contribution in [0.4, 0.5) is 17.5 Å². The van der Waals surface area contributed by atoms with Gasteiger partial charge in [0.15, 0.2) is 0 Å². The summed E-state index contributed by atoms with van der Waals surface area (Å²) in [5.74, 6) is 1.36. The van der Waals surface area contributed by atoms with Crippen LogP contribution in [0.15, 0.2) is 66.7 Å². The van der Waals surface area contributed by atoms with E-state index in [4.69, 9.17) is 15.2 Å². The van der Waals surface area contributed by atoms with Gasteiger partial charge in [0.1, 0.15) is 5.82 Å². The highest BCUT2D eigenvalue weighted by Crippen LogP contribution is 2.29. The summed E-state index contributed by atoms with van der Waals surface area (Å²) in [6.45, 7) is 3.82. The molecule has 0 saturated heterocycles. The number of anilines is 3. The van der Waals surface area contributed by atoms with Crippen molar-refractivity contribution < 1.29 is 0 Å². The van der Waals surface area contributed by atoms with Crippen LogP contribution in [0.5, 0.6) is 0 Å². The minimum atomic E-state index is 0.550. The van der Waals surface area contributed by atoms with Gasteiger partial charge in [0, 0.05) is 17.6 Å². The molecule has 3 aromatic carbocycles. The van der Waals surface area contributed by atoms with Gasteiger partial charge in [-0.2, -0.15) is 10.2 Å². The normalized spacial score (nSPS) is 10.7. The molecular weight excluding hydrogens is 396 g/mol. The van der Waals surface area contributed by atoms with Crippen molar-refractivity contribution in [3.8, 4) is 17.2 Å². The van der Waals surface area contributed by atoms with Crippen LogP contribution in [-0.4, -0.2) is 30.1 Å².